The number of aromatic nitrogens is 3. The van der Waals surface area contributed by atoms with Gasteiger partial charge in [-0.05, 0) is 54.4 Å². The van der Waals surface area contributed by atoms with Crippen LogP contribution in [-0.2, 0) is 0 Å². The van der Waals surface area contributed by atoms with E-state index in [1.807, 2.05) is 48.7 Å². The van der Waals surface area contributed by atoms with E-state index in [0.29, 0.717) is 5.82 Å². The summed E-state index contributed by atoms with van der Waals surface area (Å²) in [4.78, 5) is 11.3. The lowest BCUT2D eigenvalue weighted by atomic mass is 9.99. The third-order valence-corrected chi connectivity index (χ3v) is 10.1. The molecule has 48 heavy (non-hydrogen) atoms. The molecular weight excluding hydrogens is 607 g/mol. The predicted octanol–water partition coefficient (Wildman–Crippen LogP) is 11.5. The molecule has 6 aromatic carbocycles. The molecule has 9 aromatic rings. The van der Waals surface area contributed by atoms with E-state index in [9.17, 15) is 5.11 Å². The molecule has 3 heterocycles. The van der Waals surface area contributed by atoms with Crippen molar-refractivity contribution in [3.8, 4) is 56.3 Å². The number of hydrogen-bond acceptors (Lipinski definition) is 4. The van der Waals surface area contributed by atoms with Crippen molar-refractivity contribution in [2.75, 3.05) is 0 Å². The number of aromatic hydroxyl groups is 1. The van der Waals surface area contributed by atoms with E-state index in [-0.39, 0.29) is 5.75 Å². The van der Waals surface area contributed by atoms with Gasteiger partial charge in [-0.15, -0.1) is 11.3 Å². The molecule has 5 heteroatoms. The van der Waals surface area contributed by atoms with Crippen molar-refractivity contribution >= 4 is 43.2 Å². The smallest absolute Gasteiger partial charge is 0.150 e. The zero-order valence-electron chi connectivity index (χ0n) is 26.1. The number of hydrogen-bond donors (Lipinski definition) is 1. The molecule has 0 radical (unpaired) electrons. The molecule has 0 spiro atoms. The molecule has 0 atom stereocenters. The van der Waals surface area contributed by atoms with E-state index in [1.165, 1.54) is 4.88 Å². The van der Waals surface area contributed by atoms with Crippen LogP contribution < -0.4 is 0 Å². The minimum absolute atomic E-state index is 0.239. The number of nitrogens with zero attached hydrogens (tertiary/aromatic N) is 3. The standard InChI is InChI=1S/C43H29N3OS/c1-27-25-35-39(41(47)33-18-5-6-19-34(33)42(35)48-27)43-45-40-32(29-15-11-16-30(26-29)36-21-9-10-24-44-36)20-12-23-38(40)46(43)37-22-8-7-17-31(37)28-13-3-2-4-14-28/h2-26,47H,1H3. The number of para-hydroxylation sites is 2. The second-order valence-electron chi connectivity index (χ2n) is 12.0. The van der Waals surface area contributed by atoms with Crippen molar-refractivity contribution in [1.29, 1.82) is 0 Å². The molecule has 0 aliphatic rings. The van der Waals surface area contributed by atoms with Crippen LogP contribution in [0.25, 0.3) is 82.5 Å². The summed E-state index contributed by atoms with van der Waals surface area (Å²) in [6, 6.07) is 50.0. The van der Waals surface area contributed by atoms with Gasteiger partial charge in [-0.1, -0.05) is 109 Å². The number of thiophene rings is 1. The number of pyridine rings is 1. The highest BCUT2D eigenvalue weighted by atomic mass is 32.1. The molecule has 0 fully saturated rings. The molecule has 0 amide bonds. The molecule has 4 nitrogen and oxygen atoms in total. The number of fused-ring (bicyclic) bond motifs is 4. The summed E-state index contributed by atoms with van der Waals surface area (Å²) in [6.45, 7) is 2.13. The lowest BCUT2D eigenvalue weighted by Crippen LogP contribution is -2.01. The highest BCUT2D eigenvalue weighted by Crippen LogP contribution is 2.48. The minimum atomic E-state index is 0.239. The van der Waals surface area contributed by atoms with E-state index in [0.717, 1.165) is 76.7 Å². The first-order valence-corrected chi connectivity index (χ1v) is 16.8. The summed E-state index contributed by atoms with van der Waals surface area (Å²) in [5, 5.41) is 15.1. The molecule has 0 saturated carbocycles. The number of phenols is 1. The molecule has 228 valence electrons. The predicted molar refractivity (Wildman–Crippen MR) is 200 cm³/mol. The Hall–Kier alpha value is -6.04. The minimum Gasteiger partial charge on any atom is -0.507 e. The van der Waals surface area contributed by atoms with Gasteiger partial charge in [0.15, 0.2) is 0 Å². The molecule has 0 aliphatic heterocycles. The first-order valence-electron chi connectivity index (χ1n) is 16.0. The van der Waals surface area contributed by atoms with Crippen molar-refractivity contribution in [1.82, 2.24) is 14.5 Å². The molecule has 0 bridgehead atoms. The quantitative estimate of drug-likeness (QED) is 0.205. The zero-order chi connectivity index (χ0) is 32.2. The van der Waals surface area contributed by atoms with Crippen LogP contribution >= 0.6 is 11.3 Å². The molecule has 9 rings (SSSR count). The summed E-state index contributed by atoms with van der Waals surface area (Å²) in [6.07, 6.45) is 1.82. The van der Waals surface area contributed by atoms with Crippen LogP contribution in [0.3, 0.4) is 0 Å². The van der Waals surface area contributed by atoms with Gasteiger partial charge in [-0.25, -0.2) is 4.98 Å². The maximum absolute atomic E-state index is 12.2. The summed E-state index contributed by atoms with van der Waals surface area (Å²) in [5.74, 6) is 0.941. The van der Waals surface area contributed by atoms with Gasteiger partial charge >= 0.3 is 0 Å². The van der Waals surface area contributed by atoms with Gasteiger partial charge in [0, 0.05) is 48.6 Å². The van der Waals surface area contributed by atoms with E-state index in [2.05, 4.69) is 120 Å². The third-order valence-electron chi connectivity index (χ3n) is 9.06. The molecule has 0 unspecified atom stereocenters. The van der Waals surface area contributed by atoms with E-state index < -0.39 is 0 Å². The summed E-state index contributed by atoms with van der Waals surface area (Å²) in [5.41, 5.74) is 9.78. The lowest BCUT2D eigenvalue weighted by molar-refractivity contribution is 0.484. The Bertz CT molecular complexity index is 2640. The van der Waals surface area contributed by atoms with Gasteiger partial charge in [0.05, 0.1) is 28.0 Å². The van der Waals surface area contributed by atoms with Crippen molar-refractivity contribution in [2.24, 2.45) is 0 Å². The SMILES string of the molecule is Cc1cc2c(-c3nc4c(-c5cccc(-c6ccccn6)c5)cccc4n3-c3ccccc3-c3ccccc3)c(O)c3ccccc3c2s1. The number of benzene rings is 6. The Morgan fingerprint density at radius 3 is 2.17 bits per heavy atom. The topological polar surface area (TPSA) is 50.9 Å². The van der Waals surface area contributed by atoms with Crippen LogP contribution in [0.15, 0.2) is 152 Å². The number of phenolic OH excluding ortho intramolecular Hbond substituents is 1. The average Bonchev–Trinajstić information content (AvgIpc) is 3.73. The van der Waals surface area contributed by atoms with Gasteiger partial charge < -0.3 is 5.11 Å². The Kier molecular flexibility index (Phi) is 6.66. The Morgan fingerprint density at radius 1 is 0.604 bits per heavy atom. The van der Waals surface area contributed by atoms with Crippen LogP contribution in [0, 0.1) is 6.92 Å². The normalized spacial score (nSPS) is 11.5. The van der Waals surface area contributed by atoms with E-state index in [1.54, 1.807) is 11.3 Å². The molecule has 3 aromatic heterocycles. The van der Waals surface area contributed by atoms with Crippen LogP contribution in [0.2, 0.25) is 0 Å². The van der Waals surface area contributed by atoms with Crippen LogP contribution in [0.5, 0.6) is 5.75 Å². The second kappa shape index (κ2) is 11.3. The van der Waals surface area contributed by atoms with Crippen molar-refractivity contribution < 1.29 is 5.11 Å². The number of aryl methyl sites for hydroxylation is 1. The largest absolute Gasteiger partial charge is 0.507 e. The fourth-order valence-electron chi connectivity index (χ4n) is 6.93. The highest BCUT2D eigenvalue weighted by Gasteiger charge is 2.25. The fourth-order valence-corrected chi connectivity index (χ4v) is 7.99. The Balaban J connectivity index is 1.40. The summed E-state index contributed by atoms with van der Waals surface area (Å²) in [7, 11) is 0. The summed E-state index contributed by atoms with van der Waals surface area (Å²) >= 11 is 1.75. The van der Waals surface area contributed by atoms with Gasteiger partial charge in [-0.2, -0.15) is 0 Å². The van der Waals surface area contributed by atoms with Crippen molar-refractivity contribution in [3.63, 3.8) is 0 Å². The Labute approximate surface area is 281 Å². The van der Waals surface area contributed by atoms with Gasteiger partial charge in [0.25, 0.3) is 0 Å². The van der Waals surface area contributed by atoms with E-state index in [4.69, 9.17) is 4.98 Å². The Morgan fingerprint density at radius 2 is 1.31 bits per heavy atom. The molecule has 0 aliphatic carbocycles. The molecule has 0 saturated heterocycles. The van der Waals surface area contributed by atoms with Gasteiger partial charge in [0.2, 0.25) is 0 Å². The molecule has 1 N–H and O–H groups in total. The van der Waals surface area contributed by atoms with Gasteiger partial charge in [-0.3, -0.25) is 9.55 Å². The highest BCUT2D eigenvalue weighted by molar-refractivity contribution is 7.20. The summed E-state index contributed by atoms with van der Waals surface area (Å²) < 4.78 is 3.38. The van der Waals surface area contributed by atoms with Crippen LogP contribution in [0.1, 0.15) is 4.88 Å². The average molecular weight is 636 g/mol. The van der Waals surface area contributed by atoms with E-state index >= 15 is 0 Å². The number of imidazole rings is 1. The second-order valence-corrected chi connectivity index (χ2v) is 13.2. The molecular formula is C43H29N3OS. The first kappa shape index (κ1) is 28.2. The van der Waals surface area contributed by atoms with Crippen LogP contribution in [0.4, 0.5) is 0 Å². The maximum Gasteiger partial charge on any atom is 0.150 e. The maximum atomic E-state index is 12.2. The monoisotopic (exact) mass is 635 g/mol. The van der Waals surface area contributed by atoms with Crippen molar-refractivity contribution in [2.45, 2.75) is 6.92 Å². The number of rotatable bonds is 5. The third kappa shape index (κ3) is 4.51. The van der Waals surface area contributed by atoms with Gasteiger partial charge in [0.1, 0.15) is 11.6 Å². The first-order chi connectivity index (χ1) is 23.7. The van der Waals surface area contributed by atoms with Crippen LogP contribution in [-0.4, -0.2) is 19.6 Å². The fraction of sp³-hybridized carbons (Fsp3) is 0.0233. The zero-order valence-corrected chi connectivity index (χ0v) is 26.9. The van der Waals surface area contributed by atoms with Crippen molar-refractivity contribution in [3.05, 3.63) is 157 Å². The lowest BCUT2D eigenvalue weighted by Gasteiger charge is -2.17.